The Balaban J connectivity index is 1.92. The summed E-state index contributed by atoms with van der Waals surface area (Å²) in [5.74, 6) is 0.338. The SMILES string of the molecule is COc1cccc2c1N(S(=O)(=O)CCc1ccccc1)CCC2=O. The second kappa shape index (κ2) is 6.65. The van der Waals surface area contributed by atoms with Gasteiger partial charge in [-0.05, 0) is 24.1 Å². The van der Waals surface area contributed by atoms with Gasteiger partial charge in [-0.2, -0.15) is 0 Å². The molecule has 0 N–H and O–H groups in total. The molecule has 1 aliphatic rings. The van der Waals surface area contributed by atoms with E-state index >= 15 is 0 Å². The van der Waals surface area contributed by atoms with Crippen LogP contribution in [0.15, 0.2) is 48.5 Å². The lowest BCUT2D eigenvalue weighted by atomic mass is 10.0. The van der Waals surface area contributed by atoms with E-state index < -0.39 is 10.0 Å². The Morgan fingerprint density at radius 1 is 1.08 bits per heavy atom. The van der Waals surface area contributed by atoms with Gasteiger partial charge in [-0.3, -0.25) is 9.10 Å². The lowest BCUT2D eigenvalue weighted by Gasteiger charge is -2.31. The maximum atomic E-state index is 12.9. The second-order valence-corrected chi connectivity index (χ2v) is 7.67. The third-order valence-corrected chi connectivity index (χ3v) is 5.89. The summed E-state index contributed by atoms with van der Waals surface area (Å²) < 4.78 is 32.3. The number of ketones is 1. The summed E-state index contributed by atoms with van der Waals surface area (Å²) in [6.45, 7) is 0.156. The number of benzene rings is 2. The van der Waals surface area contributed by atoms with Crippen molar-refractivity contribution in [1.29, 1.82) is 0 Å². The number of hydrogen-bond donors (Lipinski definition) is 0. The highest BCUT2D eigenvalue weighted by Crippen LogP contribution is 2.37. The van der Waals surface area contributed by atoms with Crippen LogP contribution in [0.3, 0.4) is 0 Å². The van der Waals surface area contributed by atoms with Crippen LogP contribution in [0.2, 0.25) is 0 Å². The summed E-state index contributed by atoms with van der Waals surface area (Å²) in [6, 6.07) is 14.5. The Kier molecular flexibility index (Phi) is 4.57. The van der Waals surface area contributed by atoms with Gasteiger partial charge in [0.15, 0.2) is 5.78 Å². The van der Waals surface area contributed by atoms with E-state index in [1.165, 1.54) is 11.4 Å². The first-order valence-corrected chi connectivity index (χ1v) is 9.38. The highest BCUT2D eigenvalue weighted by molar-refractivity contribution is 7.92. The van der Waals surface area contributed by atoms with Gasteiger partial charge in [0.2, 0.25) is 10.0 Å². The highest BCUT2D eigenvalue weighted by atomic mass is 32.2. The van der Waals surface area contributed by atoms with Crippen LogP contribution in [0.1, 0.15) is 22.3 Å². The molecule has 126 valence electrons. The minimum atomic E-state index is -3.55. The Morgan fingerprint density at radius 3 is 2.54 bits per heavy atom. The van der Waals surface area contributed by atoms with Crippen molar-refractivity contribution >= 4 is 21.5 Å². The van der Waals surface area contributed by atoms with Gasteiger partial charge in [0.25, 0.3) is 0 Å². The lowest BCUT2D eigenvalue weighted by molar-refractivity contribution is 0.0981. The van der Waals surface area contributed by atoms with E-state index in [1.54, 1.807) is 18.2 Å². The van der Waals surface area contributed by atoms with Crippen molar-refractivity contribution in [3.63, 3.8) is 0 Å². The van der Waals surface area contributed by atoms with Gasteiger partial charge in [-0.1, -0.05) is 36.4 Å². The fourth-order valence-electron chi connectivity index (χ4n) is 2.90. The number of rotatable bonds is 5. The minimum absolute atomic E-state index is 0.0112. The van der Waals surface area contributed by atoms with E-state index in [9.17, 15) is 13.2 Å². The Hall–Kier alpha value is -2.34. The number of anilines is 1. The number of carbonyl (C=O) groups excluding carboxylic acids is 1. The van der Waals surface area contributed by atoms with Gasteiger partial charge in [-0.25, -0.2) is 8.42 Å². The topological polar surface area (TPSA) is 63.7 Å². The molecule has 3 rings (SSSR count). The van der Waals surface area contributed by atoms with Gasteiger partial charge in [-0.15, -0.1) is 0 Å². The van der Waals surface area contributed by atoms with Crippen LogP contribution >= 0.6 is 0 Å². The molecular weight excluding hydrogens is 326 g/mol. The number of methoxy groups -OCH3 is 1. The number of nitrogens with zero attached hydrogens (tertiary/aromatic N) is 1. The number of Topliss-reactive ketones (excluding diaryl/α,β-unsaturated/α-hetero) is 1. The van der Waals surface area contributed by atoms with Crippen LogP contribution in [0.25, 0.3) is 0 Å². The van der Waals surface area contributed by atoms with E-state index in [2.05, 4.69) is 0 Å². The summed E-state index contributed by atoms with van der Waals surface area (Å²) in [6.07, 6.45) is 0.614. The monoisotopic (exact) mass is 345 g/mol. The first-order valence-electron chi connectivity index (χ1n) is 7.77. The molecule has 5 nitrogen and oxygen atoms in total. The molecule has 2 aromatic carbocycles. The number of fused-ring (bicyclic) bond motifs is 1. The number of sulfonamides is 1. The molecule has 0 amide bonds. The summed E-state index contributed by atoms with van der Waals surface area (Å²) >= 11 is 0. The number of aryl methyl sites for hydroxylation is 1. The van der Waals surface area contributed by atoms with Crippen LogP contribution in [0.5, 0.6) is 5.75 Å². The summed E-state index contributed by atoms with van der Waals surface area (Å²) in [5, 5.41) is 0. The Bertz CT molecular complexity index is 847. The number of hydrogen-bond acceptors (Lipinski definition) is 4. The molecule has 6 heteroatoms. The molecule has 0 atom stereocenters. The molecule has 2 aromatic rings. The maximum Gasteiger partial charge on any atom is 0.235 e. The van der Waals surface area contributed by atoms with E-state index in [4.69, 9.17) is 4.74 Å². The molecule has 0 bridgehead atoms. The van der Waals surface area contributed by atoms with Gasteiger partial charge in [0.05, 0.1) is 12.9 Å². The molecule has 0 saturated carbocycles. The lowest BCUT2D eigenvalue weighted by Crippen LogP contribution is -2.39. The zero-order valence-electron chi connectivity index (χ0n) is 13.4. The van der Waals surface area contributed by atoms with Crippen molar-refractivity contribution < 1.29 is 17.9 Å². The molecule has 0 spiro atoms. The first-order chi connectivity index (χ1) is 11.5. The maximum absolute atomic E-state index is 12.9. The molecule has 0 unspecified atom stereocenters. The fraction of sp³-hybridized carbons (Fsp3) is 0.278. The molecule has 0 aliphatic carbocycles. The normalized spacial score (nSPS) is 14.4. The summed E-state index contributed by atoms with van der Waals surface area (Å²) in [7, 11) is -2.07. The van der Waals surface area contributed by atoms with Crippen LogP contribution in [0.4, 0.5) is 5.69 Å². The van der Waals surface area contributed by atoms with Crippen molar-refractivity contribution in [2.24, 2.45) is 0 Å². The van der Waals surface area contributed by atoms with Gasteiger partial charge in [0, 0.05) is 18.5 Å². The zero-order chi connectivity index (χ0) is 17.2. The quantitative estimate of drug-likeness (QED) is 0.836. The van der Waals surface area contributed by atoms with E-state index in [0.29, 0.717) is 23.4 Å². The molecule has 0 fully saturated rings. The summed E-state index contributed by atoms with van der Waals surface area (Å²) in [5.41, 5.74) is 1.74. The molecule has 0 radical (unpaired) electrons. The molecule has 0 saturated heterocycles. The molecule has 0 aromatic heterocycles. The van der Waals surface area contributed by atoms with Crippen LogP contribution in [0, 0.1) is 0 Å². The summed E-state index contributed by atoms with van der Waals surface area (Å²) in [4.78, 5) is 12.1. The van der Waals surface area contributed by atoms with Crippen LogP contribution < -0.4 is 9.04 Å². The van der Waals surface area contributed by atoms with Gasteiger partial charge >= 0.3 is 0 Å². The van der Waals surface area contributed by atoms with E-state index in [-0.39, 0.29) is 24.5 Å². The fourth-order valence-corrected chi connectivity index (χ4v) is 4.45. The predicted molar refractivity (Wildman–Crippen MR) is 93.2 cm³/mol. The van der Waals surface area contributed by atoms with Gasteiger partial charge in [0.1, 0.15) is 11.4 Å². The third-order valence-electron chi connectivity index (χ3n) is 4.14. The Labute approximate surface area is 141 Å². The molecule has 24 heavy (non-hydrogen) atoms. The number of ether oxygens (including phenoxy) is 1. The van der Waals surface area contributed by atoms with Crippen molar-refractivity contribution in [2.75, 3.05) is 23.7 Å². The molecule has 1 aliphatic heterocycles. The highest BCUT2D eigenvalue weighted by Gasteiger charge is 2.33. The average molecular weight is 345 g/mol. The second-order valence-electron chi connectivity index (χ2n) is 5.65. The van der Waals surface area contributed by atoms with Crippen molar-refractivity contribution in [3.8, 4) is 5.75 Å². The largest absolute Gasteiger partial charge is 0.495 e. The zero-order valence-corrected chi connectivity index (χ0v) is 14.3. The van der Waals surface area contributed by atoms with Crippen molar-refractivity contribution in [2.45, 2.75) is 12.8 Å². The predicted octanol–water partition coefficient (Wildman–Crippen LogP) is 2.66. The Morgan fingerprint density at radius 2 is 1.83 bits per heavy atom. The van der Waals surface area contributed by atoms with E-state index in [1.807, 2.05) is 30.3 Å². The number of para-hydroxylation sites is 1. The van der Waals surface area contributed by atoms with Gasteiger partial charge < -0.3 is 4.74 Å². The van der Waals surface area contributed by atoms with E-state index in [0.717, 1.165) is 5.56 Å². The van der Waals surface area contributed by atoms with Crippen molar-refractivity contribution in [1.82, 2.24) is 0 Å². The van der Waals surface area contributed by atoms with Crippen molar-refractivity contribution in [3.05, 3.63) is 59.7 Å². The molecule has 1 heterocycles. The average Bonchev–Trinajstić information content (AvgIpc) is 2.61. The van der Waals surface area contributed by atoms with Crippen LogP contribution in [-0.4, -0.2) is 33.6 Å². The van der Waals surface area contributed by atoms with Crippen LogP contribution in [-0.2, 0) is 16.4 Å². The third kappa shape index (κ3) is 3.14. The standard InChI is InChI=1S/C18H19NO4S/c1-23-17-9-5-8-15-16(20)10-12-19(18(15)17)24(21,22)13-11-14-6-3-2-4-7-14/h2-9H,10-13H2,1H3. The number of carbonyl (C=O) groups is 1. The smallest absolute Gasteiger partial charge is 0.235 e. The minimum Gasteiger partial charge on any atom is -0.495 e. The molecular formula is C18H19NO4S. The first kappa shape index (κ1) is 16.5.